The maximum absolute atomic E-state index is 12.8. The summed E-state index contributed by atoms with van der Waals surface area (Å²) in [5, 5.41) is 6.07. The number of benzene rings is 1. The Labute approximate surface area is 160 Å². The van der Waals surface area contributed by atoms with Crippen LogP contribution >= 0.6 is 0 Å². The van der Waals surface area contributed by atoms with Crippen molar-refractivity contribution in [2.75, 3.05) is 25.0 Å². The highest BCUT2D eigenvalue weighted by Gasteiger charge is 2.63. The molecule has 3 saturated heterocycles. The number of carbonyl (C=O) groups is 2. The minimum absolute atomic E-state index is 0.0663. The maximum Gasteiger partial charge on any atom is 0.321 e. The summed E-state index contributed by atoms with van der Waals surface area (Å²) in [5.74, 6) is 0.722. The Balaban J connectivity index is 1.39. The monoisotopic (exact) mass is 371 g/mol. The van der Waals surface area contributed by atoms with E-state index in [-0.39, 0.29) is 23.6 Å². The average Bonchev–Trinajstić information content (AvgIpc) is 3.30. The number of likely N-dealkylation sites (tertiary alicyclic amines) is 1. The van der Waals surface area contributed by atoms with Crippen LogP contribution in [-0.2, 0) is 9.53 Å². The normalized spacial score (nSPS) is 31.0. The molecule has 4 rings (SSSR count). The molecule has 4 atom stereocenters. The second-order valence-corrected chi connectivity index (χ2v) is 8.26. The maximum atomic E-state index is 12.8. The molecule has 3 aliphatic heterocycles. The number of anilines is 1. The van der Waals surface area contributed by atoms with Crippen LogP contribution in [0.3, 0.4) is 0 Å². The molecule has 2 N–H and O–H groups in total. The van der Waals surface area contributed by atoms with Crippen molar-refractivity contribution in [1.29, 1.82) is 0 Å². The van der Waals surface area contributed by atoms with Crippen molar-refractivity contribution in [3.8, 4) is 0 Å². The highest BCUT2D eigenvalue weighted by Crippen LogP contribution is 2.54. The molecule has 0 saturated carbocycles. The zero-order chi connectivity index (χ0) is 19.0. The van der Waals surface area contributed by atoms with E-state index >= 15 is 0 Å². The number of ether oxygens (including phenoxy) is 1. The van der Waals surface area contributed by atoms with Crippen LogP contribution in [0.2, 0.25) is 0 Å². The van der Waals surface area contributed by atoms with E-state index in [2.05, 4.69) is 10.6 Å². The summed E-state index contributed by atoms with van der Waals surface area (Å²) in [6, 6.07) is 7.77. The lowest BCUT2D eigenvalue weighted by Gasteiger charge is -2.29. The Hall–Kier alpha value is -2.08. The second-order valence-electron chi connectivity index (χ2n) is 8.26. The van der Waals surface area contributed by atoms with Gasteiger partial charge in [0.05, 0.1) is 18.2 Å². The molecule has 3 heterocycles. The van der Waals surface area contributed by atoms with Gasteiger partial charge in [-0.3, -0.25) is 4.79 Å². The van der Waals surface area contributed by atoms with Crippen LogP contribution in [0.25, 0.3) is 0 Å². The van der Waals surface area contributed by atoms with Crippen molar-refractivity contribution in [1.82, 2.24) is 10.2 Å². The van der Waals surface area contributed by atoms with Crippen LogP contribution in [0.5, 0.6) is 0 Å². The lowest BCUT2D eigenvalue weighted by Crippen LogP contribution is -2.41. The van der Waals surface area contributed by atoms with Gasteiger partial charge in [-0.2, -0.15) is 0 Å². The highest BCUT2D eigenvalue weighted by molar-refractivity contribution is 5.89. The van der Waals surface area contributed by atoms with Crippen molar-refractivity contribution >= 4 is 17.6 Å². The molecule has 1 aromatic carbocycles. The third kappa shape index (κ3) is 3.43. The van der Waals surface area contributed by atoms with E-state index in [9.17, 15) is 9.59 Å². The van der Waals surface area contributed by atoms with Gasteiger partial charge in [-0.15, -0.1) is 0 Å². The number of urea groups is 1. The van der Waals surface area contributed by atoms with E-state index in [0.29, 0.717) is 37.9 Å². The molecule has 6 nitrogen and oxygen atoms in total. The first-order valence-electron chi connectivity index (χ1n) is 10.1. The van der Waals surface area contributed by atoms with Gasteiger partial charge >= 0.3 is 6.03 Å². The molecule has 2 bridgehead atoms. The molecule has 27 heavy (non-hydrogen) atoms. The third-order valence-corrected chi connectivity index (χ3v) is 6.39. The van der Waals surface area contributed by atoms with Crippen LogP contribution in [-0.4, -0.2) is 48.2 Å². The average molecular weight is 371 g/mol. The van der Waals surface area contributed by atoms with Gasteiger partial charge in [0.15, 0.2) is 0 Å². The fourth-order valence-electron chi connectivity index (χ4n) is 5.00. The van der Waals surface area contributed by atoms with Crippen molar-refractivity contribution < 1.29 is 14.3 Å². The number of amides is 3. The molecule has 0 radical (unpaired) electrons. The largest absolute Gasteiger partial charge is 0.369 e. The predicted molar refractivity (Wildman–Crippen MR) is 104 cm³/mol. The molecule has 0 aromatic heterocycles. The first kappa shape index (κ1) is 18.3. The van der Waals surface area contributed by atoms with Crippen LogP contribution in [0, 0.1) is 18.8 Å². The molecule has 3 fully saturated rings. The first-order chi connectivity index (χ1) is 13.0. The summed E-state index contributed by atoms with van der Waals surface area (Å²) < 4.78 is 6.36. The number of hydrogen-bond acceptors (Lipinski definition) is 3. The number of hydrogen-bond donors (Lipinski definition) is 2. The number of carbonyl (C=O) groups excluding carboxylic acids is 2. The van der Waals surface area contributed by atoms with E-state index in [4.69, 9.17) is 4.74 Å². The molecule has 0 unspecified atom stereocenters. The van der Waals surface area contributed by atoms with Gasteiger partial charge < -0.3 is 20.3 Å². The van der Waals surface area contributed by atoms with Crippen LogP contribution < -0.4 is 10.6 Å². The van der Waals surface area contributed by atoms with Gasteiger partial charge in [0.1, 0.15) is 0 Å². The Morgan fingerprint density at radius 3 is 2.81 bits per heavy atom. The zero-order valence-corrected chi connectivity index (χ0v) is 16.2. The highest BCUT2D eigenvalue weighted by atomic mass is 16.5. The van der Waals surface area contributed by atoms with Gasteiger partial charge in [-0.05, 0) is 38.3 Å². The molecule has 3 amide bonds. The first-order valence-corrected chi connectivity index (χ1v) is 10.1. The Morgan fingerprint density at radius 2 is 2.07 bits per heavy atom. The molecule has 1 aromatic rings. The minimum Gasteiger partial charge on any atom is -0.369 e. The Morgan fingerprint density at radius 1 is 1.30 bits per heavy atom. The number of aryl methyl sites for hydroxylation is 1. The van der Waals surface area contributed by atoms with Crippen LogP contribution in [0.4, 0.5) is 10.5 Å². The minimum atomic E-state index is -0.213. The topological polar surface area (TPSA) is 70.7 Å². The van der Waals surface area contributed by atoms with Gasteiger partial charge in [-0.1, -0.05) is 24.6 Å². The van der Waals surface area contributed by atoms with E-state index in [0.717, 1.165) is 24.9 Å². The van der Waals surface area contributed by atoms with E-state index < -0.39 is 0 Å². The zero-order valence-electron chi connectivity index (χ0n) is 16.2. The van der Waals surface area contributed by atoms with E-state index in [1.165, 1.54) is 5.56 Å². The summed E-state index contributed by atoms with van der Waals surface area (Å²) in [6.07, 6.45) is 3.68. The number of nitrogens with one attached hydrogen (secondary N) is 2. The lowest BCUT2D eigenvalue weighted by molar-refractivity contribution is -0.121. The number of fused-ring (bicyclic) bond motifs is 1. The third-order valence-electron chi connectivity index (χ3n) is 6.39. The van der Waals surface area contributed by atoms with E-state index in [1.807, 2.05) is 43.0 Å². The van der Waals surface area contributed by atoms with Crippen molar-refractivity contribution in [3.63, 3.8) is 0 Å². The van der Waals surface area contributed by atoms with Crippen molar-refractivity contribution in [3.05, 3.63) is 29.8 Å². The molecule has 0 aliphatic carbocycles. The molecule has 6 heteroatoms. The summed E-state index contributed by atoms with van der Waals surface area (Å²) in [6.45, 7) is 6.04. The van der Waals surface area contributed by atoms with Crippen molar-refractivity contribution in [2.24, 2.45) is 11.8 Å². The molecular formula is C21H29N3O3. The standard InChI is InChI=1S/C21H29N3O3/c1-3-4-19(25)22-11-16-17-12-24(13-21(17)10-9-18(16)27-21)20(26)23-15-7-5-14(2)6-8-15/h5-8,16-18H,3-4,9-13H2,1-2H3,(H,22,25)(H,23,26)/t16-,17+,18+,21+/m0/s1. The molecular weight excluding hydrogens is 342 g/mol. The second kappa shape index (κ2) is 7.15. The van der Waals surface area contributed by atoms with E-state index in [1.54, 1.807) is 0 Å². The summed E-state index contributed by atoms with van der Waals surface area (Å²) in [7, 11) is 0. The fourth-order valence-corrected chi connectivity index (χ4v) is 5.00. The summed E-state index contributed by atoms with van der Waals surface area (Å²) in [5.41, 5.74) is 1.77. The van der Waals surface area contributed by atoms with Gasteiger partial charge in [-0.25, -0.2) is 4.79 Å². The van der Waals surface area contributed by atoms with Gasteiger partial charge in [0, 0.05) is 37.0 Å². The van der Waals surface area contributed by atoms with Gasteiger partial charge in [0.25, 0.3) is 0 Å². The Bertz CT molecular complexity index is 720. The molecule has 3 aliphatic rings. The number of rotatable bonds is 5. The van der Waals surface area contributed by atoms with Crippen molar-refractivity contribution in [2.45, 2.75) is 51.2 Å². The lowest BCUT2D eigenvalue weighted by atomic mass is 9.73. The van der Waals surface area contributed by atoms with Crippen LogP contribution in [0.15, 0.2) is 24.3 Å². The predicted octanol–water partition coefficient (Wildman–Crippen LogP) is 2.92. The summed E-state index contributed by atoms with van der Waals surface area (Å²) >= 11 is 0. The molecule has 146 valence electrons. The SMILES string of the molecule is CCCC(=O)NC[C@H]1[C@H]2CN(C(=O)Nc3ccc(C)cc3)C[C@]23CC[C@H]1O3. The van der Waals surface area contributed by atoms with Crippen LogP contribution in [0.1, 0.15) is 38.2 Å². The Kier molecular flexibility index (Phi) is 4.84. The van der Waals surface area contributed by atoms with Gasteiger partial charge in [0.2, 0.25) is 5.91 Å². The molecule has 1 spiro atoms. The smallest absolute Gasteiger partial charge is 0.321 e. The quantitative estimate of drug-likeness (QED) is 0.836. The number of nitrogens with zero attached hydrogens (tertiary/aromatic N) is 1. The fraction of sp³-hybridized carbons (Fsp3) is 0.619. The summed E-state index contributed by atoms with van der Waals surface area (Å²) in [4.78, 5) is 26.5.